The highest BCUT2D eigenvalue weighted by Crippen LogP contribution is 2.64. The summed E-state index contributed by atoms with van der Waals surface area (Å²) in [6.45, 7) is 3.60. The van der Waals surface area contributed by atoms with E-state index in [9.17, 15) is 43.4 Å². The number of hydrogen-bond donors (Lipinski definition) is 4. The number of phosphoric acid groups is 2. The second-order valence-corrected chi connectivity index (χ2v) is 19.3. The number of carbonyl (C=O) groups excluding carboxylic acids is 2. The van der Waals surface area contributed by atoms with Crippen LogP contribution in [0.2, 0.25) is 0 Å². The van der Waals surface area contributed by atoms with Crippen LogP contribution in [0.3, 0.4) is 0 Å². The van der Waals surface area contributed by atoms with E-state index in [4.69, 9.17) is 32.1 Å². The molecule has 0 saturated carbocycles. The number of benzene rings is 2. The van der Waals surface area contributed by atoms with Crippen molar-refractivity contribution in [3.8, 4) is 11.5 Å². The zero-order valence-electron chi connectivity index (χ0n) is 36.9. The van der Waals surface area contributed by atoms with Gasteiger partial charge in [-0.3, -0.25) is 37.5 Å². The summed E-state index contributed by atoms with van der Waals surface area (Å²) in [5.74, 6) is -0.208. The van der Waals surface area contributed by atoms with Crippen LogP contribution in [0.15, 0.2) is 70.4 Å². The van der Waals surface area contributed by atoms with Gasteiger partial charge in [-0.25, -0.2) is 13.9 Å². The Kier molecular flexibility index (Phi) is 21.8. The number of carbonyl (C=O) groups is 2. The van der Waals surface area contributed by atoms with Crippen molar-refractivity contribution in [2.75, 3.05) is 6.61 Å². The highest BCUT2D eigenvalue weighted by atomic mass is 31.3. The zero-order chi connectivity index (χ0) is 46.6. The summed E-state index contributed by atoms with van der Waals surface area (Å²) in [5, 5.41) is 21.8. The summed E-state index contributed by atoms with van der Waals surface area (Å²) in [5.41, 5.74) is -3.04. The number of unbranched alkanes of at least 4 members (excludes halogenated alkanes) is 12. The van der Waals surface area contributed by atoms with Crippen LogP contribution in [0.1, 0.15) is 141 Å². The number of nitrogens with one attached hydrogen (secondary N) is 1. The van der Waals surface area contributed by atoms with Crippen LogP contribution < -0.4 is 20.7 Å². The second-order valence-electron chi connectivity index (χ2n) is 16.0. The molecule has 1 saturated heterocycles. The van der Waals surface area contributed by atoms with E-state index in [2.05, 4.69) is 13.8 Å². The maximum atomic E-state index is 14.1. The van der Waals surface area contributed by atoms with Gasteiger partial charge in [-0.1, -0.05) is 115 Å². The van der Waals surface area contributed by atoms with Crippen molar-refractivity contribution < 1.29 is 65.9 Å². The van der Waals surface area contributed by atoms with Crippen molar-refractivity contribution in [3.63, 3.8) is 0 Å². The number of aliphatic hydroxyl groups is 2. The highest BCUT2D eigenvalue weighted by Gasteiger charge is 2.54. The van der Waals surface area contributed by atoms with Gasteiger partial charge in [0.25, 0.3) is 5.56 Å². The maximum absolute atomic E-state index is 14.1. The highest BCUT2D eigenvalue weighted by molar-refractivity contribution is 7.61. The molecule has 1 aliphatic rings. The molecule has 0 spiro atoms. The molecular weight excluding hydrogens is 874 g/mol. The van der Waals surface area contributed by atoms with Crippen molar-refractivity contribution in [2.45, 2.75) is 161 Å². The third-order valence-electron chi connectivity index (χ3n) is 10.5. The van der Waals surface area contributed by atoms with Crippen molar-refractivity contribution in [1.82, 2.24) is 9.55 Å². The molecule has 4 rings (SSSR count). The third kappa shape index (κ3) is 17.9. The molecule has 0 bridgehead atoms. The van der Waals surface area contributed by atoms with E-state index in [0.29, 0.717) is 11.1 Å². The van der Waals surface area contributed by atoms with Gasteiger partial charge in [0.15, 0.2) is 6.23 Å². The van der Waals surface area contributed by atoms with Crippen molar-refractivity contribution >= 4 is 27.6 Å². The number of aromatic amines is 1. The SMILES string of the molecule is CCCCCCCCCC(=O)Oc1ccc(COP(=O)(OCc2ccc(OC(=O)CCCCCCCCC)cc2)OP(=O)(O)OC[C@H]2O[C@@H](n3ccc(=O)[nH]c3=O)[C@](C)(O)[C@@H]2O)cc1. The average molecular weight is 939 g/mol. The first kappa shape index (κ1) is 52.8. The normalized spacial score (nSPS) is 19.6. The van der Waals surface area contributed by atoms with Gasteiger partial charge in [0.1, 0.15) is 29.3 Å². The van der Waals surface area contributed by atoms with Crippen molar-refractivity contribution in [2.24, 2.45) is 0 Å². The van der Waals surface area contributed by atoms with Crippen LogP contribution >= 0.6 is 15.6 Å². The number of esters is 2. The molecule has 356 valence electrons. The monoisotopic (exact) mass is 938 g/mol. The van der Waals surface area contributed by atoms with Gasteiger partial charge in [-0.15, -0.1) is 0 Å². The first-order valence-electron chi connectivity index (χ1n) is 22.1. The quantitative estimate of drug-likeness (QED) is 0.0212. The fourth-order valence-electron chi connectivity index (χ4n) is 6.82. The largest absolute Gasteiger partial charge is 0.484 e. The van der Waals surface area contributed by atoms with Gasteiger partial charge < -0.3 is 29.3 Å². The molecule has 1 fully saturated rings. The van der Waals surface area contributed by atoms with E-state index >= 15 is 0 Å². The van der Waals surface area contributed by atoms with Gasteiger partial charge >= 0.3 is 33.3 Å². The van der Waals surface area contributed by atoms with Crippen LogP contribution in [-0.2, 0) is 54.6 Å². The Bertz CT molecular complexity index is 2020. The molecule has 2 heterocycles. The standard InChI is InChI=1S/C44H64N2O16P2/c1-4-6-8-10-12-14-16-18-39(48)59-35-24-20-33(21-25-35)30-57-64(55,58-31-34-22-26-36(27-23-34)60-40(49)19-17-15-13-11-9-7-5-2)62-63(53,54)56-32-37-41(50)44(3,52)42(61-37)46-29-28-38(47)45-43(46)51/h20-29,37,41-42,50,52H,4-19,30-32H2,1-3H3,(H,53,54)(H,45,47,51)/t37-,41-,42-,44-/m1/s1. The summed E-state index contributed by atoms with van der Waals surface area (Å²) in [4.78, 5) is 61.5. The Balaban J connectivity index is 1.37. The minimum Gasteiger partial charge on any atom is -0.427 e. The number of rotatable bonds is 30. The Labute approximate surface area is 373 Å². The molecule has 1 unspecified atom stereocenters. The van der Waals surface area contributed by atoms with Gasteiger partial charge in [0.05, 0.1) is 19.8 Å². The van der Waals surface area contributed by atoms with Crippen LogP contribution in [0.4, 0.5) is 0 Å². The van der Waals surface area contributed by atoms with Crippen molar-refractivity contribution in [1.29, 1.82) is 0 Å². The summed E-state index contributed by atoms with van der Waals surface area (Å²) >= 11 is 0. The number of hydrogen-bond acceptors (Lipinski definition) is 15. The fraction of sp³-hybridized carbons (Fsp3) is 0.591. The smallest absolute Gasteiger partial charge is 0.427 e. The molecule has 0 aliphatic carbocycles. The molecule has 1 aliphatic heterocycles. The summed E-state index contributed by atoms with van der Waals surface area (Å²) in [6.07, 6.45) is 11.5. The Morgan fingerprint density at radius 2 is 1.17 bits per heavy atom. The van der Waals surface area contributed by atoms with E-state index in [0.717, 1.165) is 75.1 Å². The number of H-pyrrole nitrogens is 1. The molecule has 0 radical (unpaired) electrons. The third-order valence-corrected chi connectivity index (χ3v) is 13.5. The predicted molar refractivity (Wildman–Crippen MR) is 235 cm³/mol. The molecule has 1 aromatic heterocycles. The van der Waals surface area contributed by atoms with E-state index in [1.807, 2.05) is 4.98 Å². The first-order chi connectivity index (χ1) is 30.5. The minimum absolute atomic E-state index is 0.272. The molecule has 5 atom stereocenters. The van der Waals surface area contributed by atoms with Gasteiger partial charge in [-0.05, 0) is 55.2 Å². The molecule has 2 aromatic carbocycles. The predicted octanol–water partition coefficient (Wildman–Crippen LogP) is 8.31. The van der Waals surface area contributed by atoms with Gasteiger partial charge in [0, 0.05) is 25.1 Å². The Hall–Kier alpha value is -3.80. The van der Waals surface area contributed by atoms with E-state index in [1.165, 1.54) is 87.1 Å². The molecule has 20 heteroatoms. The first-order valence-corrected chi connectivity index (χ1v) is 25.0. The minimum atomic E-state index is -5.39. The zero-order valence-corrected chi connectivity index (χ0v) is 38.7. The lowest BCUT2D eigenvalue weighted by molar-refractivity contribution is -0.135. The lowest BCUT2D eigenvalue weighted by Crippen LogP contribution is -2.46. The summed E-state index contributed by atoms with van der Waals surface area (Å²) in [7, 11) is -10.4. The summed E-state index contributed by atoms with van der Waals surface area (Å²) in [6, 6.07) is 13.1. The molecule has 4 N–H and O–H groups in total. The Morgan fingerprint density at radius 3 is 1.62 bits per heavy atom. The van der Waals surface area contributed by atoms with Gasteiger partial charge in [0.2, 0.25) is 0 Å². The average Bonchev–Trinajstić information content (AvgIpc) is 3.48. The fourth-order valence-corrected chi connectivity index (χ4v) is 9.43. The molecule has 0 amide bonds. The number of ether oxygens (including phenoxy) is 3. The number of nitrogens with zero attached hydrogens (tertiary/aromatic N) is 1. The molecule has 18 nitrogen and oxygen atoms in total. The summed E-state index contributed by atoms with van der Waals surface area (Å²) < 4.78 is 65.8. The number of phosphoric ester groups is 2. The lowest BCUT2D eigenvalue weighted by atomic mass is 9.96. The van der Waals surface area contributed by atoms with Gasteiger partial charge in [-0.2, -0.15) is 4.31 Å². The van der Waals surface area contributed by atoms with Crippen LogP contribution in [0.5, 0.6) is 11.5 Å². The van der Waals surface area contributed by atoms with E-state index in [1.54, 1.807) is 0 Å². The second kappa shape index (κ2) is 26.4. The molecule has 3 aromatic rings. The topological polar surface area (TPSA) is 248 Å². The van der Waals surface area contributed by atoms with Crippen molar-refractivity contribution in [3.05, 3.63) is 92.8 Å². The van der Waals surface area contributed by atoms with Crippen LogP contribution in [-0.4, -0.2) is 61.0 Å². The number of aromatic nitrogens is 2. The number of aliphatic hydroxyl groups excluding tert-OH is 1. The Morgan fingerprint density at radius 1 is 0.719 bits per heavy atom. The lowest BCUT2D eigenvalue weighted by Gasteiger charge is -2.27. The van der Waals surface area contributed by atoms with Crippen LogP contribution in [0.25, 0.3) is 0 Å². The van der Waals surface area contributed by atoms with E-state index < -0.39 is 70.8 Å². The molecular formula is C44H64N2O16P2. The maximum Gasteiger partial charge on any atom is 0.484 e. The van der Waals surface area contributed by atoms with E-state index in [-0.39, 0.29) is 36.3 Å². The molecule has 64 heavy (non-hydrogen) atoms. The van der Waals surface area contributed by atoms with Crippen LogP contribution in [0, 0.1) is 0 Å².